The van der Waals surface area contributed by atoms with Crippen molar-refractivity contribution in [2.75, 3.05) is 5.73 Å². The maximum atomic E-state index is 13.5. The lowest BCUT2D eigenvalue weighted by Gasteiger charge is -2.07. The molecule has 0 amide bonds. The van der Waals surface area contributed by atoms with Crippen molar-refractivity contribution >= 4 is 5.69 Å². The maximum absolute atomic E-state index is 13.5. The minimum absolute atomic E-state index is 0.0913. The molecule has 0 atom stereocenters. The molecule has 0 radical (unpaired) electrons. The van der Waals surface area contributed by atoms with E-state index in [9.17, 15) is 8.78 Å². The van der Waals surface area contributed by atoms with Gasteiger partial charge in [-0.1, -0.05) is 13.8 Å². The van der Waals surface area contributed by atoms with E-state index >= 15 is 0 Å². The van der Waals surface area contributed by atoms with Crippen LogP contribution in [0.3, 0.4) is 0 Å². The van der Waals surface area contributed by atoms with E-state index in [-0.39, 0.29) is 17.5 Å². The van der Waals surface area contributed by atoms with Gasteiger partial charge in [0.2, 0.25) is 5.88 Å². The van der Waals surface area contributed by atoms with Crippen LogP contribution in [0.25, 0.3) is 0 Å². The van der Waals surface area contributed by atoms with Crippen molar-refractivity contribution < 1.29 is 13.5 Å². The number of hydrogen-bond acceptors (Lipinski definition) is 3. The van der Waals surface area contributed by atoms with Crippen molar-refractivity contribution in [3.05, 3.63) is 35.5 Å². The fraction of sp³-hybridized carbons (Fsp3) is 0.308. The number of nitrogen functional groups attached to an aromatic ring is 1. The first-order valence-electron chi connectivity index (χ1n) is 5.85. The summed E-state index contributed by atoms with van der Waals surface area (Å²) in [4.78, 5) is 0. The zero-order chi connectivity index (χ0) is 14.2. The van der Waals surface area contributed by atoms with Crippen molar-refractivity contribution in [2.45, 2.75) is 19.8 Å². The van der Waals surface area contributed by atoms with Crippen LogP contribution in [-0.2, 0) is 7.05 Å². The Morgan fingerprint density at radius 1 is 1.32 bits per heavy atom. The summed E-state index contributed by atoms with van der Waals surface area (Å²) in [5.74, 6) is -1.17. The lowest BCUT2D eigenvalue weighted by atomic mass is 10.1. The number of aromatic nitrogens is 2. The Kier molecular flexibility index (Phi) is 3.42. The smallest absolute Gasteiger partial charge is 0.241 e. The summed E-state index contributed by atoms with van der Waals surface area (Å²) < 4.78 is 33.2. The SMILES string of the molecule is CC(C)c1nn(C)c(Oc2ccc(F)cc2F)c1N. The summed E-state index contributed by atoms with van der Waals surface area (Å²) >= 11 is 0. The molecule has 0 bridgehead atoms. The van der Waals surface area contributed by atoms with Gasteiger partial charge in [-0.25, -0.2) is 13.5 Å². The monoisotopic (exact) mass is 267 g/mol. The van der Waals surface area contributed by atoms with Gasteiger partial charge in [-0.2, -0.15) is 5.10 Å². The number of ether oxygens (including phenoxy) is 1. The van der Waals surface area contributed by atoms with E-state index in [0.29, 0.717) is 11.4 Å². The van der Waals surface area contributed by atoms with Gasteiger partial charge in [0.15, 0.2) is 11.6 Å². The molecule has 0 unspecified atom stereocenters. The Bertz CT molecular complexity index is 608. The van der Waals surface area contributed by atoms with Gasteiger partial charge in [-0.3, -0.25) is 0 Å². The topological polar surface area (TPSA) is 53.1 Å². The van der Waals surface area contributed by atoms with Gasteiger partial charge in [0, 0.05) is 13.1 Å². The average molecular weight is 267 g/mol. The second-order valence-corrected chi connectivity index (χ2v) is 4.56. The maximum Gasteiger partial charge on any atom is 0.241 e. The predicted molar refractivity (Wildman–Crippen MR) is 68.1 cm³/mol. The molecule has 6 heteroatoms. The zero-order valence-electron chi connectivity index (χ0n) is 10.9. The summed E-state index contributed by atoms with van der Waals surface area (Å²) in [5.41, 5.74) is 6.97. The quantitative estimate of drug-likeness (QED) is 0.929. The van der Waals surface area contributed by atoms with Crippen LogP contribution >= 0.6 is 0 Å². The fourth-order valence-electron chi connectivity index (χ4n) is 1.75. The van der Waals surface area contributed by atoms with Crippen LogP contribution < -0.4 is 10.5 Å². The van der Waals surface area contributed by atoms with E-state index in [4.69, 9.17) is 10.5 Å². The fourth-order valence-corrected chi connectivity index (χ4v) is 1.75. The van der Waals surface area contributed by atoms with Crippen molar-refractivity contribution in [2.24, 2.45) is 7.05 Å². The third-order valence-electron chi connectivity index (χ3n) is 2.71. The molecule has 2 rings (SSSR count). The molecule has 0 fully saturated rings. The molecule has 0 aliphatic rings. The molecule has 0 aliphatic carbocycles. The molecule has 0 saturated heterocycles. The minimum Gasteiger partial charge on any atom is -0.434 e. The second kappa shape index (κ2) is 4.87. The summed E-state index contributed by atoms with van der Waals surface area (Å²) in [6.45, 7) is 3.89. The van der Waals surface area contributed by atoms with Crippen LogP contribution in [0.15, 0.2) is 18.2 Å². The molecular weight excluding hydrogens is 252 g/mol. The van der Waals surface area contributed by atoms with Crippen molar-refractivity contribution in [3.63, 3.8) is 0 Å². The van der Waals surface area contributed by atoms with Crippen molar-refractivity contribution in [3.8, 4) is 11.6 Å². The van der Waals surface area contributed by atoms with E-state index in [2.05, 4.69) is 5.10 Å². The standard InChI is InChI=1S/C13H15F2N3O/c1-7(2)12-11(16)13(18(3)17-12)19-10-5-4-8(14)6-9(10)15/h4-7H,16H2,1-3H3. The molecule has 1 heterocycles. The second-order valence-electron chi connectivity index (χ2n) is 4.56. The molecule has 2 aromatic rings. The number of rotatable bonds is 3. The molecular formula is C13H15F2N3O. The van der Waals surface area contributed by atoms with E-state index in [1.54, 1.807) is 7.05 Å². The number of anilines is 1. The van der Waals surface area contributed by atoms with Crippen LogP contribution in [0, 0.1) is 11.6 Å². The number of halogens is 2. The van der Waals surface area contributed by atoms with Gasteiger partial charge in [-0.05, 0) is 18.1 Å². The Morgan fingerprint density at radius 3 is 2.53 bits per heavy atom. The molecule has 0 spiro atoms. The first-order valence-corrected chi connectivity index (χ1v) is 5.85. The molecule has 0 saturated carbocycles. The number of hydrogen-bond donors (Lipinski definition) is 1. The van der Waals surface area contributed by atoms with Gasteiger partial charge in [0.1, 0.15) is 11.5 Å². The lowest BCUT2D eigenvalue weighted by molar-refractivity contribution is 0.402. The van der Waals surface area contributed by atoms with Crippen LogP contribution in [-0.4, -0.2) is 9.78 Å². The largest absolute Gasteiger partial charge is 0.434 e. The summed E-state index contributed by atoms with van der Waals surface area (Å²) in [7, 11) is 1.65. The Hall–Kier alpha value is -2.11. The van der Waals surface area contributed by atoms with Crippen LogP contribution in [0.5, 0.6) is 11.6 Å². The summed E-state index contributed by atoms with van der Waals surface area (Å²) in [6, 6.07) is 3.09. The highest BCUT2D eigenvalue weighted by Crippen LogP contribution is 2.33. The van der Waals surface area contributed by atoms with Crippen LogP contribution in [0.2, 0.25) is 0 Å². The number of nitrogens with zero attached hydrogens (tertiary/aromatic N) is 2. The first-order chi connectivity index (χ1) is 8.90. The lowest BCUT2D eigenvalue weighted by Crippen LogP contribution is -1.98. The molecule has 2 N–H and O–H groups in total. The van der Waals surface area contributed by atoms with Crippen LogP contribution in [0.1, 0.15) is 25.5 Å². The normalized spacial score (nSPS) is 11.1. The van der Waals surface area contributed by atoms with Gasteiger partial charge in [0.05, 0.1) is 5.69 Å². The van der Waals surface area contributed by atoms with Crippen molar-refractivity contribution in [1.82, 2.24) is 9.78 Å². The number of benzene rings is 1. The predicted octanol–water partition coefficient (Wildman–Crippen LogP) is 3.20. The highest BCUT2D eigenvalue weighted by molar-refractivity contribution is 5.55. The Balaban J connectivity index is 2.38. The molecule has 1 aromatic carbocycles. The molecule has 1 aromatic heterocycles. The molecule has 0 aliphatic heterocycles. The van der Waals surface area contributed by atoms with Crippen molar-refractivity contribution in [1.29, 1.82) is 0 Å². The Morgan fingerprint density at radius 2 is 2.00 bits per heavy atom. The van der Waals surface area contributed by atoms with Gasteiger partial charge >= 0.3 is 0 Å². The highest BCUT2D eigenvalue weighted by atomic mass is 19.1. The first kappa shape index (κ1) is 13.3. The highest BCUT2D eigenvalue weighted by Gasteiger charge is 2.19. The number of aryl methyl sites for hydroxylation is 1. The Labute approximate surface area is 109 Å². The summed E-state index contributed by atoms with van der Waals surface area (Å²) in [6.07, 6.45) is 0. The van der Waals surface area contributed by atoms with E-state index in [1.165, 1.54) is 10.7 Å². The third kappa shape index (κ3) is 2.52. The number of nitrogens with two attached hydrogens (primary N) is 1. The molecule has 19 heavy (non-hydrogen) atoms. The van der Waals surface area contributed by atoms with Gasteiger partial charge < -0.3 is 10.5 Å². The van der Waals surface area contributed by atoms with Gasteiger partial charge in [0.25, 0.3) is 0 Å². The van der Waals surface area contributed by atoms with E-state index in [1.807, 2.05) is 13.8 Å². The zero-order valence-corrected chi connectivity index (χ0v) is 10.9. The average Bonchev–Trinajstić information content (AvgIpc) is 2.60. The van der Waals surface area contributed by atoms with E-state index < -0.39 is 11.6 Å². The third-order valence-corrected chi connectivity index (χ3v) is 2.71. The van der Waals surface area contributed by atoms with E-state index in [0.717, 1.165) is 12.1 Å². The molecule has 4 nitrogen and oxygen atoms in total. The van der Waals surface area contributed by atoms with Gasteiger partial charge in [-0.15, -0.1) is 0 Å². The minimum atomic E-state index is -0.785. The van der Waals surface area contributed by atoms with Crippen LogP contribution in [0.4, 0.5) is 14.5 Å². The molecule has 102 valence electrons. The summed E-state index contributed by atoms with van der Waals surface area (Å²) in [5, 5.41) is 4.22.